The Labute approximate surface area is 170 Å². The van der Waals surface area contributed by atoms with Gasteiger partial charge in [0.1, 0.15) is 22.3 Å². The van der Waals surface area contributed by atoms with Crippen molar-refractivity contribution in [2.24, 2.45) is 0 Å². The summed E-state index contributed by atoms with van der Waals surface area (Å²) in [7, 11) is 3.24. The number of amides is 1. The summed E-state index contributed by atoms with van der Waals surface area (Å²) < 4.78 is 10.6. The van der Waals surface area contributed by atoms with Gasteiger partial charge in [-0.1, -0.05) is 30.9 Å². The molecule has 7 heteroatoms. The molecule has 0 saturated heterocycles. The van der Waals surface area contributed by atoms with Crippen molar-refractivity contribution in [2.45, 2.75) is 44.7 Å². The van der Waals surface area contributed by atoms with E-state index in [0.29, 0.717) is 12.2 Å². The van der Waals surface area contributed by atoms with Gasteiger partial charge in [-0.15, -0.1) is 0 Å². The van der Waals surface area contributed by atoms with E-state index in [1.807, 2.05) is 18.2 Å². The summed E-state index contributed by atoms with van der Waals surface area (Å²) in [5.41, 5.74) is 2.01. The predicted octanol–water partition coefficient (Wildman–Crippen LogP) is 4.43. The topological polar surface area (TPSA) is 72.5 Å². The molecule has 2 N–H and O–H groups in total. The Morgan fingerprint density at radius 2 is 1.93 bits per heavy atom. The minimum atomic E-state index is -0.181. The van der Waals surface area contributed by atoms with Gasteiger partial charge in [-0.05, 0) is 37.1 Å². The normalized spacial score (nSPS) is 14.4. The lowest BCUT2D eigenvalue weighted by atomic mass is 9.95. The van der Waals surface area contributed by atoms with Crippen LogP contribution < -0.4 is 20.1 Å². The van der Waals surface area contributed by atoms with Gasteiger partial charge in [0.2, 0.25) is 0 Å². The van der Waals surface area contributed by atoms with Crippen LogP contribution in [0.4, 0.5) is 5.69 Å². The molecule has 0 unspecified atom stereocenters. The number of aromatic nitrogens is 1. The van der Waals surface area contributed by atoms with Crippen molar-refractivity contribution < 1.29 is 14.3 Å². The van der Waals surface area contributed by atoms with E-state index in [9.17, 15) is 4.79 Å². The number of nitrogens with one attached hydrogen (secondary N) is 2. The lowest BCUT2D eigenvalue weighted by molar-refractivity contribution is 0.0922. The molecule has 0 atom stereocenters. The summed E-state index contributed by atoms with van der Waals surface area (Å²) >= 11 is 6.14. The van der Waals surface area contributed by atoms with Crippen molar-refractivity contribution in [3.8, 4) is 11.5 Å². The molecule has 1 amide bonds. The Morgan fingerprint density at radius 3 is 2.64 bits per heavy atom. The highest BCUT2D eigenvalue weighted by Crippen LogP contribution is 2.26. The monoisotopic (exact) mass is 403 g/mol. The number of benzene rings is 1. The van der Waals surface area contributed by atoms with Gasteiger partial charge in [-0.2, -0.15) is 0 Å². The largest absolute Gasteiger partial charge is 0.497 e. The van der Waals surface area contributed by atoms with Crippen LogP contribution in [-0.4, -0.2) is 31.2 Å². The molecule has 1 saturated carbocycles. The molecule has 3 rings (SSSR count). The van der Waals surface area contributed by atoms with E-state index in [1.54, 1.807) is 26.4 Å². The van der Waals surface area contributed by atoms with E-state index in [0.717, 1.165) is 48.4 Å². The molecule has 1 aromatic heterocycles. The number of pyridine rings is 1. The van der Waals surface area contributed by atoms with Gasteiger partial charge in [0.05, 0.1) is 14.2 Å². The number of halogens is 1. The number of methoxy groups -OCH3 is 2. The molecule has 2 aromatic rings. The molecule has 0 bridgehead atoms. The van der Waals surface area contributed by atoms with Crippen LogP contribution >= 0.6 is 11.6 Å². The summed E-state index contributed by atoms with van der Waals surface area (Å²) in [5, 5.41) is 6.64. The van der Waals surface area contributed by atoms with E-state index in [-0.39, 0.29) is 17.1 Å². The molecule has 0 spiro atoms. The zero-order chi connectivity index (χ0) is 19.9. The molecular weight excluding hydrogens is 378 g/mol. The van der Waals surface area contributed by atoms with E-state index < -0.39 is 0 Å². The maximum absolute atomic E-state index is 12.6. The van der Waals surface area contributed by atoms with Crippen molar-refractivity contribution >= 4 is 23.2 Å². The highest BCUT2D eigenvalue weighted by molar-refractivity contribution is 6.29. The minimum absolute atomic E-state index is 0.181. The second-order valence-electron chi connectivity index (χ2n) is 6.90. The van der Waals surface area contributed by atoms with E-state index in [2.05, 4.69) is 15.6 Å². The van der Waals surface area contributed by atoms with Crippen LogP contribution in [0.15, 0.2) is 30.3 Å². The van der Waals surface area contributed by atoms with Crippen LogP contribution in [-0.2, 0) is 6.54 Å². The van der Waals surface area contributed by atoms with Gasteiger partial charge in [0.15, 0.2) is 0 Å². The molecule has 1 aromatic carbocycles. The maximum Gasteiger partial charge on any atom is 0.270 e. The zero-order valence-corrected chi connectivity index (χ0v) is 17.0. The van der Waals surface area contributed by atoms with Gasteiger partial charge < -0.3 is 20.1 Å². The van der Waals surface area contributed by atoms with E-state index >= 15 is 0 Å². The summed E-state index contributed by atoms with van der Waals surface area (Å²) in [6.45, 7) is 0.511. The van der Waals surface area contributed by atoms with Crippen molar-refractivity contribution in [1.29, 1.82) is 0 Å². The van der Waals surface area contributed by atoms with Crippen LogP contribution in [0.2, 0.25) is 5.15 Å². The van der Waals surface area contributed by atoms with Crippen molar-refractivity contribution in [2.75, 3.05) is 19.5 Å². The van der Waals surface area contributed by atoms with Crippen LogP contribution in [0.25, 0.3) is 0 Å². The number of rotatable bonds is 7. The average Bonchev–Trinajstić information content (AvgIpc) is 2.72. The molecule has 6 nitrogen and oxygen atoms in total. The molecule has 0 radical (unpaired) electrons. The van der Waals surface area contributed by atoms with E-state index in [4.69, 9.17) is 21.1 Å². The number of hydrogen-bond acceptors (Lipinski definition) is 5. The smallest absolute Gasteiger partial charge is 0.270 e. The minimum Gasteiger partial charge on any atom is -0.497 e. The molecule has 1 aliphatic rings. The fourth-order valence-electron chi connectivity index (χ4n) is 3.42. The van der Waals surface area contributed by atoms with Gasteiger partial charge >= 0.3 is 0 Å². The Hall–Kier alpha value is -2.47. The number of hydrogen-bond donors (Lipinski definition) is 2. The van der Waals surface area contributed by atoms with Gasteiger partial charge in [-0.25, -0.2) is 4.98 Å². The highest BCUT2D eigenvalue weighted by atomic mass is 35.5. The quantitative estimate of drug-likeness (QED) is 0.669. The van der Waals surface area contributed by atoms with Gasteiger partial charge in [-0.3, -0.25) is 4.79 Å². The molecule has 150 valence electrons. The second-order valence-corrected chi connectivity index (χ2v) is 7.29. The SMILES string of the molecule is COc1ccc(CNc2cc(Cl)nc(C(=O)NC3CCCCC3)c2)c(OC)c1. The third kappa shape index (κ3) is 5.29. The summed E-state index contributed by atoms with van der Waals surface area (Å²) in [5.74, 6) is 1.27. The fourth-order valence-corrected chi connectivity index (χ4v) is 3.63. The lowest BCUT2D eigenvalue weighted by Gasteiger charge is -2.22. The summed E-state index contributed by atoms with van der Waals surface area (Å²) in [4.78, 5) is 16.8. The Morgan fingerprint density at radius 1 is 1.14 bits per heavy atom. The average molecular weight is 404 g/mol. The molecule has 28 heavy (non-hydrogen) atoms. The first-order valence-corrected chi connectivity index (χ1v) is 9.90. The number of anilines is 1. The molecule has 1 aliphatic carbocycles. The molecule has 0 aliphatic heterocycles. The fraction of sp³-hybridized carbons (Fsp3) is 0.429. The standard InChI is InChI=1S/C21H26ClN3O3/c1-27-17-9-8-14(19(12-17)28-2)13-23-16-10-18(25-20(22)11-16)21(26)24-15-6-4-3-5-7-15/h8-12,15H,3-7,13H2,1-2H3,(H,23,25)(H,24,26). The first-order valence-electron chi connectivity index (χ1n) is 9.52. The third-order valence-corrected chi connectivity index (χ3v) is 5.14. The Kier molecular flexibility index (Phi) is 6.98. The lowest BCUT2D eigenvalue weighted by Crippen LogP contribution is -2.36. The number of ether oxygens (including phenoxy) is 2. The molecular formula is C21H26ClN3O3. The number of nitrogens with zero attached hydrogens (tertiary/aromatic N) is 1. The first-order chi connectivity index (χ1) is 13.6. The van der Waals surface area contributed by atoms with Crippen molar-refractivity contribution in [1.82, 2.24) is 10.3 Å². The first kappa shape index (κ1) is 20.3. The van der Waals surface area contributed by atoms with Crippen LogP contribution in [0.3, 0.4) is 0 Å². The van der Waals surface area contributed by atoms with Crippen LogP contribution in [0.1, 0.15) is 48.2 Å². The summed E-state index contributed by atoms with van der Waals surface area (Å²) in [6.07, 6.45) is 5.60. The van der Waals surface area contributed by atoms with Crippen molar-refractivity contribution in [3.63, 3.8) is 0 Å². The second kappa shape index (κ2) is 9.64. The predicted molar refractivity (Wildman–Crippen MR) is 110 cm³/mol. The number of carbonyl (C=O) groups is 1. The highest BCUT2D eigenvalue weighted by Gasteiger charge is 2.18. The van der Waals surface area contributed by atoms with Crippen LogP contribution in [0, 0.1) is 0 Å². The van der Waals surface area contributed by atoms with Crippen molar-refractivity contribution in [3.05, 3.63) is 46.7 Å². The Bertz CT molecular complexity index is 823. The van der Waals surface area contributed by atoms with Gasteiger partial charge in [0, 0.05) is 29.9 Å². The molecule has 1 heterocycles. The molecule has 1 fully saturated rings. The number of carbonyl (C=O) groups excluding carboxylic acids is 1. The maximum atomic E-state index is 12.6. The van der Waals surface area contributed by atoms with Crippen LogP contribution in [0.5, 0.6) is 11.5 Å². The third-order valence-electron chi connectivity index (χ3n) is 4.94. The van der Waals surface area contributed by atoms with Gasteiger partial charge in [0.25, 0.3) is 5.91 Å². The Balaban J connectivity index is 1.68. The zero-order valence-electron chi connectivity index (χ0n) is 16.3. The van der Waals surface area contributed by atoms with E-state index in [1.165, 1.54) is 6.42 Å². The summed E-state index contributed by atoms with van der Waals surface area (Å²) in [6, 6.07) is 9.29.